The summed E-state index contributed by atoms with van der Waals surface area (Å²) in [5.41, 5.74) is 0.861. The third-order valence-electron chi connectivity index (χ3n) is 4.52. The number of rotatable bonds is 5. The molecule has 4 nitrogen and oxygen atoms in total. The SMILES string of the molecule is O=C(CC(c1ccccc1)C(F)(F)F)N1C(=O)OC[C@@H]1Cc1ccccc1. The number of benzene rings is 2. The van der Waals surface area contributed by atoms with Crippen LogP contribution in [0.15, 0.2) is 60.7 Å². The van der Waals surface area contributed by atoms with Crippen molar-refractivity contribution in [2.24, 2.45) is 0 Å². The first-order chi connectivity index (χ1) is 12.9. The van der Waals surface area contributed by atoms with E-state index in [-0.39, 0.29) is 12.2 Å². The Bertz CT molecular complexity index is 793. The van der Waals surface area contributed by atoms with Gasteiger partial charge in [0.15, 0.2) is 0 Å². The molecule has 2 atom stereocenters. The van der Waals surface area contributed by atoms with Crippen molar-refractivity contribution in [2.45, 2.75) is 31.0 Å². The van der Waals surface area contributed by atoms with Crippen molar-refractivity contribution in [2.75, 3.05) is 6.61 Å². The number of alkyl halides is 3. The number of hydrogen-bond donors (Lipinski definition) is 0. The Hall–Kier alpha value is -2.83. The van der Waals surface area contributed by atoms with Gasteiger partial charge in [-0.15, -0.1) is 0 Å². The van der Waals surface area contributed by atoms with Crippen LogP contribution >= 0.6 is 0 Å². The summed E-state index contributed by atoms with van der Waals surface area (Å²) < 4.78 is 45.5. The maximum absolute atomic E-state index is 13.5. The van der Waals surface area contributed by atoms with Crippen molar-refractivity contribution in [1.82, 2.24) is 4.90 Å². The van der Waals surface area contributed by atoms with Gasteiger partial charge in [-0.2, -0.15) is 13.2 Å². The predicted molar refractivity (Wildman–Crippen MR) is 92.0 cm³/mol. The number of cyclic esters (lactones) is 1. The van der Waals surface area contributed by atoms with E-state index in [4.69, 9.17) is 4.74 Å². The van der Waals surface area contributed by atoms with Crippen molar-refractivity contribution in [3.05, 3.63) is 71.8 Å². The second-order valence-corrected chi connectivity index (χ2v) is 6.39. The van der Waals surface area contributed by atoms with E-state index in [0.717, 1.165) is 10.5 Å². The standard InChI is InChI=1S/C20H18F3NO3/c21-20(22,23)17(15-9-5-2-6-10-15)12-18(25)24-16(13-27-19(24)26)11-14-7-3-1-4-8-14/h1-10,16-17H,11-13H2/t16-,17?/m0/s1. The molecule has 1 fully saturated rings. The Labute approximate surface area is 154 Å². The molecule has 3 rings (SSSR count). The average Bonchev–Trinajstić information content (AvgIpc) is 3.00. The number of amides is 2. The first-order valence-corrected chi connectivity index (χ1v) is 8.50. The first kappa shape index (κ1) is 18.9. The molecule has 142 valence electrons. The number of imide groups is 1. The van der Waals surface area contributed by atoms with Crippen LogP contribution in [0.4, 0.5) is 18.0 Å². The molecule has 0 aromatic heterocycles. The van der Waals surface area contributed by atoms with E-state index >= 15 is 0 Å². The fourth-order valence-corrected chi connectivity index (χ4v) is 3.18. The van der Waals surface area contributed by atoms with Crippen LogP contribution in [-0.2, 0) is 16.0 Å². The highest BCUT2D eigenvalue weighted by atomic mass is 19.4. The van der Waals surface area contributed by atoms with Gasteiger partial charge in [0.05, 0.1) is 12.0 Å². The summed E-state index contributed by atoms with van der Waals surface area (Å²) in [6, 6.07) is 15.7. The molecule has 2 amide bonds. The monoisotopic (exact) mass is 377 g/mol. The summed E-state index contributed by atoms with van der Waals surface area (Å²) in [5.74, 6) is -2.86. The Morgan fingerprint density at radius 3 is 2.26 bits per heavy atom. The Kier molecular flexibility index (Phi) is 5.48. The second-order valence-electron chi connectivity index (χ2n) is 6.39. The molecule has 27 heavy (non-hydrogen) atoms. The molecular formula is C20H18F3NO3. The van der Waals surface area contributed by atoms with E-state index in [2.05, 4.69) is 0 Å². The van der Waals surface area contributed by atoms with E-state index in [1.165, 1.54) is 24.3 Å². The van der Waals surface area contributed by atoms with E-state index in [9.17, 15) is 22.8 Å². The minimum Gasteiger partial charge on any atom is -0.447 e. The minimum atomic E-state index is -4.60. The number of carbonyl (C=O) groups excluding carboxylic acids is 2. The van der Waals surface area contributed by atoms with Gasteiger partial charge < -0.3 is 4.74 Å². The normalized spacial score (nSPS) is 18.3. The summed E-state index contributed by atoms with van der Waals surface area (Å²) >= 11 is 0. The highest BCUT2D eigenvalue weighted by molar-refractivity contribution is 5.94. The maximum atomic E-state index is 13.5. The van der Waals surface area contributed by atoms with Crippen molar-refractivity contribution < 1.29 is 27.5 Å². The number of halogens is 3. The molecule has 0 radical (unpaired) electrons. The molecule has 1 saturated heterocycles. The lowest BCUT2D eigenvalue weighted by Crippen LogP contribution is -2.41. The van der Waals surface area contributed by atoms with Gasteiger partial charge in [0.1, 0.15) is 6.61 Å². The molecular weight excluding hydrogens is 359 g/mol. The second kappa shape index (κ2) is 7.82. The fraction of sp³-hybridized carbons (Fsp3) is 0.300. The van der Waals surface area contributed by atoms with Crippen molar-refractivity contribution in [1.29, 1.82) is 0 Å². The summed E-state index contributed by atoms with van der Waals surface area (Å²) in [7, 11) is 0. The zero-order valence-corrected chi connectivity index (χ0v) is 14.4. The van der Waals surface area contributed by atoms with Gasteiger partial charge in [0, 0.05) is 6.42 Å². The van der Waals surface area contributed by atoms with Crippen LogP contribution in [0.5, 0.6) is 0 Å². The topological polar surface area (TPSA) is 46.6 Å². The summed E-state index contributed by atoms with van der Waals surface area (Å²) in [6.45, 7) is -0.0263. The van der Waals surface area contributed by atoms with Crippen molar-refractivity contribution >= 4 is 12.0 Å². The van der Waals surface area contributed by atoms with Gasteiger partial charge in [-0.1, -0.05) is 60.7 Å². The molecule has 2 aromatic carbocycles. The van der Waals surface area contributed by atoms with Crippen molar-refractivity contribution in [3.8, 4) is 0 Å². The lowest BCUT2D eigenvalue weighted by molar-refractivity contribution is -0.160. The maximum Gasteiger partial charge on any atom is 0.416 e. The molecule has 1 unspecified atom stereocenters. The molecule has 0 aliphatic carbocycles. The number of carbonyl (C=O) groups is 2. The van der Waals surface area contributed by atoms with Crippen molar-refractivity contribution in [3.63, 3.8) is 0 Å². The van der Waals surface area contributed by atoms with E-state index in [0.29, 0.717) is 6.42 Å². The number of hydrogen-bond acceptors (Lipinski definition) is 3. The van der Waals surface area contributed by atoms with Crippen LogP contribution < -0.4 is 0 Å². The van der Waals surface area contributed by atoms with Crippen LogP contribution in [0, 0.1) is 0 Å². The first-order valence-electron chi connectivity index (χ1n) is 8.50. The molecule has 0 saturated carbocycles. The van der Waals surface area contributed by atoms with Crippen LogP contribution in [0.2, 0.25) is 0 Å². The van der Waals surface area contributed by atoms with Gasteiger partial charge in [0.2, 0.25) is 5.91 Å². The number of nitrogens with zero attached hydrogens (tertiary/aromatic N) is 1. The molecule has 0 spiro atoms. The Balaban J connectivity index is 1.78. The van der Waals surface area contributed by atoms with Crippen LogP contribution in [0.3, 0.4) is 0 Å². The lowest BCUT2D eigenvalue weighted by atomic mass is 9.94. The Morgan fingerprint density at radius 2 is 1.67 bits per heavy atom. The van der Waals surface area contributed by atoms with E-state index in [1.807, 2.05) is 30.3 Å². The molecule has 1 aliphatic heterocycles. The third-order valence-corrected chi connectivity index (χ3v) is 4.52. The number of ether oxygens (including phenoxy) is 1. The minimum absolute atomic E-state index is 0.00877. The zero-order valence-electron chi connectivity index (χ0n) is 14.4. The summed E-state index contributed by atoms with van der Waals surface area (Å²) in [5, 5.41) is 0. The van der Waals surface area contributed by atoms with Gasteiger partial charge in [-0.05, 0) is 17.5 Å². The lowest BCUT2D eigenvalue weighted by Gasteiger charge is -2.24. The molecule has 0 N–H and O–H groups in total. The molecule has 0 bridgehead atoms. The third kappa shape index (κ3) is 4.48. The van der Waals surface area contributed by atoms with Gasteiger partial charge in [0.25, 0.3) is 0 Å². The van der Waals surface area contributed by atoms with Crippen LogP contribution in [0.1, 0.15) is 23.5 Å². The highest BCUT2D eigenvalue weighted by Crippen LogP contribution is 2.38. The van der Waals surface area contributed by atoms with Crippen LogP contribution in [-0.4, -0.2) is 35.7 Å². The van der Waals surface area contributed by atoms with Crippen LogP contribution in [0.25, 0.3) is 0 Å². The average molecular weight is 377 g/mol. The van der Waals surface area contributed by atoms with Gasteiger partial charge >= 0.3 is 12.3 Å². The zero-order chi connectivity index (χ0) is 19.4. The van der Waals surface area contributed by atoms with Gasteiger partial charge in [-0.3, -0.25) is 4.79 Å². The van der Waals surface area contributed by atoms with E-state index < -0.39 is 36.6 Å². The Morgan fingerprint density at radius 1 is 1.07 bits per heavy atom. The summed E-state index contributed by atoms with van der Waals surface area (Å²) in [6.07, 6.45) is -6.00. The largest absolute Gasteiger partial charge is 0.447 e. The highest BCUT2D eigenvalue weighted by Gasteiger charge is 2.45. The van der Waals surface area contributed by atoms with Gasteiger partial charge in [-0.25, -0.2) is 9.69 Å². The van der Waals surface area contributed by atoms with E-state index in [1.54, 1.807) is 6.07 Å². The summed E-state index contributed by atoms with van der Waals surface area (Å²) in [4.78, 5) is 25.4. The fourth-order valence-electron chi connectivity index (χ4n) is 3.18. The molecule has 1 heterocycles. The molecule has 2 aromatic rings. The smallest absolute Gasteiger partial charge is 0.416 e. The quantitative estimate of drug-likeness (QED) is 0.780. The molecule has 1 aliphatic rings. The predicted octanol–water partition coefficient (Wildman–Crippen LogP) is 4.31. The molecule has 7 heteroatoms.